The molecule has 1 saturated heterocycles. The van der Waals surface area contributed by atoms with Crippen LogP contribution in [0.25, 0.3) is 10.9 Å². The smallest absolute Gasteiger partial charge is 0.407 e. The Balaban J connectivity index is 1.44. The first kappa shape index (κ1) is 30.1. The zero-order chi connectivity index (χ0) is 30.9. The molecule has 2 aromatic carbocycles. The highest BCUT2D eigenvalue weighted by Gasteiger charge is 2.50. The first-order valence-corrected chi connectivity index (χ1v) is 14.9. The van der Waals surface area contributed by atoms with Gasteiger partial charge in [-0.3, -0.25) is 9.59 Å². The minimum absolute atomic E-state index is 0.0536. The largest absolute Gasteiger partial charge is 0.477 e. The number of rotatable bonds is 7. The van der Waals surface area contributed by atoms with Crippen LogP contribution in [-0.4, -0.2) is 56.6 Å². The van der Waals surface area contributed by atoms with Gasteiger partial charge in [0.2, 0.25) is 11.8 Å². The number of carboxylic acids is 1. The molecule has 1 saturated carbocycles. The summed E-state index contributed by atoms with van der Waals surface area (Å²) >= 11 is 0. The van der Waals surface area contributed by atoms with Crippen molar-refractivity contribution in [2.24, 2.45) is 17.6 Å². The van der Waals surface area contributed by atoms with Gasteiger partial charge in [-0.15, -0.1) is 0 Å². The van der Waals surface area contributed by atoms with Crippen LogP contribution in [0.5, 0.6) is 0 Å². The summed E-state index contributed by atoms with van der Waals surface area (Å²) in [6, 6.07) is 17.5. The Morgan fingerprint density at radius 3 is 2.26 bits per heavy atom. The third kappa shape index (κ3) is 6.38. The molecule has 10 heteroatoms. The molecule has 2 heterocycles. The minimum atomic E-state index is -1.11. The van der Waals surface area contributed by atoms with E-state index in [0.717, 1.165) is 23.8 Å². The molecule has 5 rings (SSSR count). The molecule has 2 fully saturated rings. The number of fused-ring (bicyclic) bond motifs is 1. The van der Waals surface area contributed by atoms with Gasteiger partial charge in [-0.2, -0.15) is 0 Å². The maximum atomic E-state index is 14.4. The van der Waals surface area contributed by atoms with Crippen molar-refractivity contribution in [3.05, 3.63) is 71.9 Å². The van der Waals surface area contributed by atoms with Gasteiger partial charge in [0.1, 0.15) is 23.5 Å². The van der Waals surface area contributed by atoms with Crippen LogP contribution in [0, 0.1) is 11.8 Å². The number of nitrogens with one attached hydrogen (secondary N) is 1. The Morgan fingerprint density at radius 1 is 0.977 bits per heavy atom. The molecular formula is C33H40N4O6. The molecule has 3 amide bonds. The number of carboxylic acid groups (broad SMARTS) is 1. The molecule has 1 aliphatic heterocycles. The zero-order valence-corrected chi connectivity index (χ0v) is 24.9. The number of hydrogen-bond acceptors (Lipinski definition) is 5. The van der Waals surface area contributed by atoms with E-state index in [1.54, 1.807) is 15.5 Å². The summed E-state index contributed by atoms with van der Waals surface area (Å²) in [6.45, 7) is 5.89. The quantitative estimate of drug-likeness (QED) is 0.353. The van der Waals surface area contributed by atoms with E-state index < -0.39 is 41.7 Å². The number of nitrogens with two attached hydrogens (primary N) is 1. The summed E-state index contributed by atoms with van der Waals surface area (Å²) in [5.41, 5.74) is 7.05. The van der Waals surface area contributed by atoms with Gasteiger partial charge >= 0.3 is 12.1 Å². The zero-order valence-electron chi connectivity index (χ0n) is 24.9. The van der Waals surface area contributed by atoms with Crippen molar-refractivity contribution < 1.29 is 29.0 Å². The Bertz CT molecular complexity index is 1500. The third-order valence-corrected chi connectivity index (χ3v) is 8.64. The van der Waals surface area contributed by atoms with E-state index >= 15 is 0 Å². The topological polar surface area (TPSA) is 144 Å². The lowest BCUT2D eigenvalue weighted by Gasteiger charge is -2.36. The Kier molecular flexibility index (Phi) is 8.48. The molecule has 3 aromatic rings. The number of para-hydroxylation sites is 1. The monoisotopic (exact) mass is 588 g/mol. The van der Waals surface area contributed by atoms with Crippen LogP contribution in [0.2, 0.25) is 0 Å². The molecule has 43 heavy (non-hydrogen) atoms. The predicted octanol–water partition coefficient (Wildman–Crippen LogP) is 5.04. The SMILES string of the molecule is CC(C)(C)OC(=O)NC[C@H]1CC[C@H](C(=O)N2C(n3c(C(=O)O)cc4ccccc43)C[C@@H](c3ccccc3)[C@H]2C(N)=O)CC1. The number of carbonyl (C=O) groups is 4. The van der Waals surface area contributed by atoms with Crippen LogP contribution in [-0.2, 0) is 14.3 Å². The lowest BCUT2D eigenvalue weighted by atomic mass is 9.81. The highest BCUT2D eigenvalue weighted by molar-refractivity contribution is 5.95. The van der Waals surface area contributed by atoms with Gasteiger partial charge in [-0.05, 0) is 76.5 Å². The van der Waals surface area contributed by atoms with Crippen molar-refractivity contribution in [2.45, 2.75) is 76.6 Å². The average Bonchev–Trinajstić information content (AvgIpc) is 3.55. The van der Waals surface area contributed by atoms with E-state index in [4.69, 9.17) is 10.5 Å². The summed E-state index contributed by atoms with van der Waals surface area (Å²) in [7, 11) is 0. The van der Waals surface area contributed by atoms with Gasteiger partial charge in [-0.1, -0.05) is 48.5 Å². The van der Waals surface area contributed by atoms with Gasteiger partial charge < -0.3 is 30.4 Å². The maximum Gasteiger partial charge on any atom is 0.407 e. The number of nitrogens with zero attached hydrogens (tertiary/aromatic N) is 2. The molecule has 2 aliphatic rings. The van der Waals surface area contributed by atoms with Crippen LogP contribution in [0.1, 0.15) is 81.0 Å². The Labute approximate surface area is 251 Å². The molecule has 3 atom stereocenters. The molecule has 1 unspecified atom stereocenters. The lowest BCUT2D eigenvalue weighted by molar-refractivity contribution is -0.145. The van der Waals surface area contributed by atoms with E-state index in [-0.39, 0.29) is 23.4 Å². The molecule has 4 N–H and O–H groups in total. The molecule has 0 radical (unpaired) electrons. The molecule has 228 valence electrons. The van der Waals surface area contributed by atoms with Crippen LogP contribution in [0.3, 0.4) is 0 Å². The standard InChI is InChI=1S/C33H40N4O6/c1-33(2,3)43-32(42)35-19-20-13-15-22(16-14-20)30(39)37-27(18-24(28(37)29(34)38)21-9-5-4-6-10-21)36-25-12-8-7-11-23(25)17-26(36)31(40)41/h4-12,17,20,22,24,27-28H,13-16,18-19H2,1-3H3,(H2,34,38)(H,35,42)(H,40,41)/t20-,22-,24-,27?,28-/m0/s1. The molecule has 10 nitrogen and oxygen atoms in total. The number of ether oxygens (including phenoxy) is 1. The fourth-order valence-electron chi connectivity index (χ4n) is 6.74. The summed E-state index contributed by atoms with van der Waals surface area (Å²) in [5.74, 6) is -2.48. The highest BCUT2D eigenvalue weighted by Crippen LogP contribution is 2.46. The second kappa shape index (κ2) is 12.1. The predicted molar refractivity (Wildman–Crippen MR) is 161 cm³/mol. The lowest BCUT2D eigenvalue weighted by Crippen LogP contribution is -2.50. The van der Waals surface area contributed by atoms with E-state index in [9.17, 15) is 24.3 Å². The number of benzene rings is 2. The number of amides is 3. The van der Waals surface area contributed by atoms with Crippen LogP contribution in [0.4, 0.5) is 4.79 Å². The Hall–Kier alpha value is -4.34. The third-order valence-electron chi connectivity index (χ3n) is 8.64. The number of carbonyl (C=O) groups excluding carboxylic acids is 3. The first-order valence-electron chi connectivity index (χ1n) is 14.9. The molecule has 1 aromatic heterocycles. The van der Waals surface area contributed by atoms with Gasteiger partial charge in [0, 0.05) is 23.8 Å². The fraction of sp³-hybridized carbons (Fsp3) is 0.455. The summed E-state index contributed by atoms with van der Waals surface area (Å²) < 4.78 is 7.03. The second-order valence-corrected chi connectivity index (χ2v) is 12.7. The fourth-order valence-corrected chi connectivity index (χ4v) is 6.74. The number of likely N-dealkylation sites (tertiary alicyclic amines) is 1. The number of primary amides is 1. The summed E-state index contributed by atoms with van der Waals surface area (Å²) in [6.07, 6.45) is 1.78. The van der Waals surface area contributed by atoms with Gasteiger partial charge in [0.05, 0.1) is 5.52 Å². The number of aromatic nitrogens is 1. The van der Waals surface area contributed by atoms with Gasteiger partial charge in [0.25, 0.3) is 0 Å². The van der Waals surface area contributed by atoms with Crippen molar-refractivity contribution in [3.8, 4) is 0 Å². The number of alkyl carbamates (subject to hydrolysis) is 1. The van der Waals surface area contributed by atoms with Crippen LogP contribution >= 0.6 is 0 Å². The van der Waals surface area contributed by atoms with E-state index in [1.165, 1.54) is 0 Å². The normalized spacial score (nSPS) is 24.1. The van der Waals surface area contributed by atoms with Crippen molar-refractivity contribution in [2.75, 3.05) is 6.54 Å². The van der Waals surface area contributed by atoms with E-state index in [2.05, 4.69) is 5.32 Å². The van der Waals surface area contributed by atoms with Crippen LogP contribution in [0.15, 0.2) is 60.7 Å². The molecule has 0 spiro atoms. The second-order valence-electron chi connectivity index (χ2n) is 12.7. The van der Waals surface area contributed by atoms with Crippen molar-refractivity contribution in [1.29, 1.82) is 0 Å². The highest BCUT2D eigenvalue weighted by atomic mass is 16.6. The maximum absolute atomic E-state index is 14.4. The van der Waals surface area contributed by atoms with Crippen molar-refractivity contribution in [3.63, 3.8) is 0 Å². The number of hydrogen-bond donors (Lipinski definition) is 3. The summed E-state index contributed by atoms with van der Waals surface area (Å²) in [5, 5.41) is 13.8. The van der Waals surface area contributed by atoms with Crippen molar-refractivity contribution >= 4 is 34.8 Å². The van der Waals surface area contributed by atoms with E-state index in [0.29, 0.717) is 31.3 Å². The summed E-state index contributed by atoms with van der Waals surface area (Å²) in [4.78, 5) is 53.7. The minimum Gasteiger partial charge on any atom is -0.477 e. The molecule has 0 bridgehead atoms. The van der Waals surface area contributed by atoms with Crippen LogP contribution < -0.4 is 11.1 Å². The Morgan fingerprint density at radius 2 is 1.63 bits per heavy atom. The average molecular weight is 589 g/mol. The van der Waals surface area contributed by atoms with E-state index in [1.807, 2.05) is 75.4 Å². The first-order chi connectivity index (χ1) is 20.4. The molecular weight excluding hydrogens is 548 g/mol. The van der Waals surface area contributed by atoms with Crippen molar-refractivity contribution in [1.82, 2.24) is 14.8 Å². The molecule has 1 aliphatic carbocycles. The van der Waals surface area contributed by atoms with Gasteiger partial charge in [-0.25, -0.2) is 9.59 Å². The number of aromatic carboxylic acids is 1. The van der Waals surface area contributed by atoms with Gasteiger partial charge in [0.15, 0.2) is 0 Å².